The number of carbonyl (C=O) groups is 1. The molecule has 2 rings (SSSR count). The first-order valence-electron chi connectivity index (χ1n) is 7.90. The number of ketones is 1. The number of ether oxygens (including phenoxy) is 1. The van der Waals surface area contributed by atoms with Crippen molar-refractivity contribution >= 4 is 17.4 Å². The molecule has 2 aliphatic carbocycles. The van der Waals surface area contributed by atoms with Gasteiger partial charge in [-0.1, -0.05) is 44.9 Å². The zero-order valence-electron chi connectivity index (χ0n) is 13.9. The highest BCUT2D eigenvalue weighted by Gasteiger charge is 2.53. The first-order valence-corrected chi connectivity index (χ1v) is 8.28. The Hall–Kier alpha value is -0.760. The minimum Gasteiger partial charge on any atom is -0.498 e. The Labute approximate surface area is 133 Å². The molecule has 21 heavy (non-hydrogen) atoms. The van der Waals surface area contributed by atoms with E-state index in [2.05, 4.69) is 40.7 Å². The van der Waals surface area contributed by atoms with E-state index < -0.39 is 0 Å². The van der Waals surface area contributed by atoms with Crippen molar-refractivity contribution in [1.29, 1.82) is 0 Å². The molecule has 2 aliphatic rings. The van der Waals surface area contributed by atoms with Crippen molar-refractivity contribution in [3.63, 3.8) is 0 Å². The lowest BCUT2D eigenvalue weighted by molar-refractivity contribution is -0.136. The highest BCUT2D eigenvalue weighted by Crippen LogP contribution is 2.56. The van der Waals surface area contributed by atoms with E-state index in [1.54, 1.807) is 0 Å². The summed E-state index contributed by atoms with van der Waals surface area (Å²) >= 11 is 6.40. The number of rotatable bonds is 3. The van der Waals surface area contributed by atoms with Gasteiger partial charge in [0.15, 0.2) is 0 Å². The molecule has 0 saturated carbocycles. The molecule has 0 heterocycles. The van der Waals surface area contributed by atoms with E-state index in [0.29, 0.717) is 31.1 Å². The van der Waals surface area contributed by atoms with Crippen molar-refractivity contribution in [2.45, 2.75) is 60.3 Å². The van der Waals surface area contributed by atoms with Crippen molar-refractivity contribution in [3.8, 4) is 0 Å². The van der Waals surface area contributed by atoms with Crippen LogP contribution in [0.2, 0.25) is 0 Å². The second kappa shape index (κ2) is 5.79. The van der Waals surface area contributed by atoms with Crippen LogP contribution in [0.25, 0.3) is 0 Å². The number of hydrogen-bond donors (Lipinski definition) is 0. The van der Waals surface area contributed by atoms with Gasteiger partial charge in [-0.05, 0) is 43.6 Å². The molecule has 0 unspecified atom stereocenters. The van der Waals surface area contributed by atoms with E-state index >= 15 is 0 Å². The normalized spacial score (nSPS) is 29.1. The summed E-state index contributed by atoms with van der Waals surface area (Å²) in [6.45, 7) is 11.3. The topological polar surface area (TPSA) is 26.3 Å². The minimum atomic E-state index is -0.353. The summed E-state index contributed by atoms with van der Waals surface area (Å²) < 4.78 is 5.83. The van der Waals surface area contributed by atoms with Crippen molar-refractivity contribution in [3.05, 3.63) is 22.4 Å². The summed E-state index contributed by atoms with van der Waals surface area (Å²) in [5.74, 6) is 1.60. The summed E-state index contributed by atoms with van der Waals surface area (Å²) in [5, 5.41) is 0.877. The van der Waals surface area contributed by atoms with Gasteiger partial charge in [-0.2, -0.15) is 0 Å². The number of carbonyl (C=O) groups excluding carboxylic acids is 1. The maximum absolute atomic E-state index is 12.9. The van der Waals surface area contributed by atoms with Crippen LogP contribution in [0.3, 0.4) is 0 Å². The van der Waals surface area contributed by atoms with Crippen molar-refractivity contribution < 1.29 is 9.53 Å². The van der Waals surface area contributed by atoms with Gasteiger partial charge in [-0.25, -0.2) is 0 Å². The molecular formula is C18H27ClO2. The van der Waals surface area contributed by atoms with E-state index in [0.717, 1.165) is 23.6 Å². The van der Waals surface area contributed by atoms with Crippen LogP contribution in [0.4, 0.5) is 0 Å². The molecule has 0 aromatic carbocycles. The summed E-state index contributed by atoms with van der Waals surface area (Å²) in [6.07, 6.45) is 5.08. The molecule has 0 aliphatic heterocycles. The van der Waals surface area contributed by atoms with E-state index in [-0.39, 0.29) is 10.8 Å². The number of Topliss-reactive ketones (excluding diaryl/α,β-unsaturated/α-hetero) is 1. The molecule has 118 valence electrons. The van der Waals surface area contributed by atoms with E-state index in [4.69, 9.17) is 16.3 Å². The predicted octanol–water partition coefficient (Wildman–Crippen LogP) is 5.23. The van der Waals surface area contributed by atoms with Crippen molar-refractivity contribution in [2.75, 3.05) is 6.61 Å². The van der Waals surface area contributed by atoms with Crippen LogP contribution < -0.4 is 0 Å². The molecule has 0 amide bonds. The highest BCUT2D eigenvalue weighted by molar-refractivity contribution is 6.30. The monoisotopic (exact) mass is 310 g/mol. The molecule has 3 heteroatoms. The molecule has 1 spiro atoms. The van der Waals surface area contributed by atoms with Crippen LogP contribution in [0.15, 0.2) is 22.4 Å². The second-order valence-corrected chi connectivity index (χ2v) is 8.04. The highest BCUT2D eigenvalue weighted by atomic mass is 35.5. The summed E-state index contributed by atoms with van der Waals surface area (Å²) in [7, 11) is 0. The smallest absolute Gasteiger partial charge is 0.147 e. The van der Waals surface area contributed by atoms with E-state index in [1.165, 1.54) is 5.57 Å². The molecular weight excluding hydrogens is 284 g/mol. The maximum atomic E-state index is 12.9. The molecule has 0 aromatic heterocycles. The molecule has 0 bridgehead atoms. The van der Waals surface area contributed by atoms with Gasteiger partial charge in [0.1, 0.15) is 5.78 Å². The molecule has 0 saturated heterocycles. The molecule has 2 nitrogen and oxygen atoms in total. The average molecular weight is 311 g/mol. The molecule has 0 aromatic rings. The van der Waals surface area contributed by atoms with Crippen LogP contribution in [0, 0.1) is 16.7 Å². The first-order chi connectivity index (χ1) is 9.68. The fourth-order valence-corrected chi connectivity index (χ4v) is 3.80. The van der Waals surface area contributed by atoms with Gasteiger partial charge in [-0.3, -0.25) is 4.79 Å². The Morgan fingerprint density at radius 3 is 2.57 bits per heavy atom. The first kappa shape index (κ1) is 16.6. The Morgan fingerprint density at radius 1 is 1.38 bits per heavy atom. The minimum absolute atomic E-state index is 0.213. The fourth-order valence-electron chi connectivity index (χ4n) is 3.47. The number of allylic oxidation sites excluding steroid dienone is 4. The van der Waals surface area contributed by atoms with Gasteiger partial charge in [0.25, 0.3) is 0 Å². The number of halogens is 1. The third-order valence-corrected chi connectivity index (χ3v) is 5.53. The van der Waals surface area contributed by atoms with E-state index in [1.807, 2.05) is 0 Å². The van der Waals surface area contributed by atoms with Gasteiger partial charge < -0.3 is 4.74 Å². The molecule has 0 radical (unpaired) electrons. The Bertz CT molecular complexity index is 499. The van der Waals surface area contributed by atoms with E-state index in [9.17, 15) is 4.79 Å². The third-order valence-electron chi connectivity index (χ3n) is 5.07. The van der Waals surface area contributed by atoms with Gasteiger partial charge in [0.05, 0.1) is 18.8 Å². The number of hydrogen-bond acceptors (Lipinski definition) is 2. The van der Waals surface area contributed by atoms with Crippen molar-refractivity contribution in [2.24, 2.45) is 16.7 Å². The Kier molecular flexibility index (Phi) is 4.58. The zero-order chi connectivity index (χ0) is 15.8. The average Bonchev–Trinajstić information content (AvgIpc) is 2.37. The summed E-state index contributed by atoms with van der Waals surface area (Å²) in [6, 6.07) is 0. The van der Waals surface area contributed by atoms with Crippen LogP contribution in [0.1, 0.15) is 60.3 Å². The standard InChI is InChI=1S/C18H27ClO2/c1-12(2)11-21-14-8-16(20)18(17(4,5)9-14)7-6-13(3)15(19)10-18/h9,12H,6-8,10-11H2,1-5H3/t18-/m1/s1. The van der Waals surface area contributed by atoms with Gasteiger partial charge in [0.2, 0.25) is 0 Å². The van der Waals surface area contributed by atoms with Gasteiger partial charge >= 0.3 is 0 Å². The van der Waals surface area contributed by atoms with Gasteiger partial charge in [-0.15, -0.1) is 0 Å². The van der Waals surface area contributed by atoms with Gasteiger partial charge in [0, 0.05) is 10.4 Å². The fraction of sp³-hybridized carbons (Fsp3) is 0.722. The largest absolute Gasteiger partial charge is 0.498 e. The predicted molar refractivity (Wildman–Crippen MR) is 87.1 cm³/mol. The third kappa shape index (κ3) is 3.06. The molecule has 0 fully saturated rings. The summed E-state index contributed by atoms with van der Waals surface area (Å²) in [4.78, 5) is 12.9. The van der Waals surface area contributed by atoms with Crippen LogP contribution in [0.5, 0.6) is 0 Å². The Morgan fingerprint density at radius 2 is 2.05 bits per heavy atom. The summed E-state index contributed by atoms with van der Waals surface area (Å²) in [5.41, 5.74) is 0.667. The quantitative estimate of drug-likeness (QED) is 0.714. The second-order valence-electron chi connectivity index (χ2n) is 7.58. The SMILES string of the molecule is CC1=C(Cl)C[C@]2(CC1)C(=O)CC(OCC(C)C)=CC2(C)C. The lowest BCUT2D eigenvalue weighted by Crippen LogP contribution is -2.48. The molecule has 1 atom stereocenters. The Balaban J connectivity index is 2.28. The van der Waals surface area contributed by atoms with Crippen molar-refractivity contribution in [1.82, 2.24) is 0 Å². The molecule has 0 N–H and O–H groups in total. The maximum Gasteiger partial charge on any atom is 0.147 e. The van der Waals surface area contributed by atoms with Crippen LogP contribution in [-0.4, -0.2) is 12.4 Å². The van der Waals surface area contributed by atoms with Crippen LogP contribution >= 0.6 is 11.6 Å². The zero-order valence-corrected chi connectivity index (χ0v) is 14.6. The van der Waals surface area contributed by atoms with Crippen LogP contribution in [-0.2, 0) is 9.53 Å². The lowest BCUT2D eigenvalue weighted by atomic mass is 9.54. The lowest BCUT2D eigenvalue weighted by Gasteiger charge is -2.49.